The molecule has 0 aromatic heterocycles. The predicted octanol–water partition coefficient (Wildman–Crippen LogP) is 5.08. The van der Waals surface area contributed by atoms with E-state index < -0.39 is 64.7 Å². The molecule has 0 N–H and O–H groups in total. The topological polar surface area (TPSA) is 26.3 Å². The normalized spacial score (nSPS) is 14.7. The van der Waals surface area contributed by atoms with E-state index in [1.807, 2.05) is 0 Å². The molecule has 2 aromatic carbocycles. The molecule has 216 valence electrons. The molecule has 0 saturated carbocycles. The Morgan fingerprint density at radius 1 is 0.538 bits per heavy atom. The number of rotatable bonds is 8. The van der Waals surface area contributed by atoms with Crippen molar-refractivity contribution in [3.63, 3.8) is 0 Å². The number of ether oxygens (including phenoxy) is 1. The molecule has 0 aliphatic heterocycles. The standard InChI is InChI=1S/C19H7F17O2.Na.H/c20-12(21,14(24,25)16(28,29)18(32,33)34)13(22,23)15(26,27)17(30,31)19(35,36)38-11(37)10-7-3-5-8-4-1-2-6-9(8)10;;/h1-7H;;/q;+1;-1. The first kappa shape index (κ1) is 35.0. The molecular formula is C19H8F17NaO2. The molecule has 0 aliphatic rings. The van der Waals surface area contributed by atoms with Crippen molar-refractivity contribution in [1.82, 2.24) is 0 Å². The Bertz CT molecular complexity index is 1210. The average Bonchev–Trinajstić information content (AvgIpc) is 2.76. The Hall–Kier alpha value is -2.02. The van der Waals surface area contributed by atoms with Crippen molar-refractivity contribution >= 4 is 16.7 Å². The van der Waals surface area contributed by atoms with E-state index in [0.29, 0.717) is 6.07 Å². The van der Waals surface area contributed by atoms with Crippen molar-refractivity contribution in [1.29, 1.82) is 0 Å². The van der Waals surface area contributed by atoms with Crippen molar-refractivity contribution in [3.8, 4) is 0 Å². The van der Waals surface area contributed by atoms with Crippen LogP contribution in [0.4, 0.5) is 74.6 Å². The molecule has 0 amide bonds. The third-order valence-corrected chi connectivity index (χ3v) is 4.92. The Morgan fingerprint density at radius 2 is 0.923 bits per heavy atom. The molecule has 0 radical (unpaired) electrons. The fourth-order valence-corrected chi connectivity index (χ4v) is 2.79. The largest absolute Gasteiger partial charge is 1.00 e. The fourth-order valence-electron chi connectivity index (χ4n) is 2.79. The molecule has 0 saturated heterocycles. The number of esters is 1. The van der Waals surface area contributed by atoms with Gasteiger partial charge in [-0.25, -0.2) is 4.79 Å². The summed E-state index contributed by atoms with van der Waals surface area (Å²) < 4.78 is 228. The van der Waals surface area contributed by atoms with Crippen molar-refractivity contribution < 1.29 is 115 Å². The van der Waals surface area contributed by atoms with Gasteiger partial charge in [0.05, 0.1) is 5.56 Å². The van der Waals surface area contributed by atoms with Crippen LogP contribution in [0.2, 0.25) is 0 Å². The smallest absolute Gasteiger partial charge is 1.00 e. The summed E-state index contributed by atoms with van der Waals surface area (Å²) in [5, 5.41) is -0.391. The van der Waals surface area contributed by atoms with Gasteiger partial charge in [-0.05, 0) is 16.8 Å². The van der Waals surface area contributed by atoms with Crippen LogP contribution in [-0.2, 0) is 4.74 Å². The summed E-state index contributed by atoms with van der Waals surface area (Å²) in [4.78, 5) is 11.9. The summed E-state index contributed by atoms with van der Waals surface area (Å²) in [6.45, 7) is 0. The van der Waals surface area contributed by atoms with Crippen molar-refractivity contribution in [3.05, 3.63) is 48.0 Å². The van der Waals surface area contributed by atoms with Crippen LogP contribution < -0.4 is 29.6 Å². The Morgan fingerprint density at radius 3 is 1.38 bits per heavy atom. The maximum atomic E-state index is 13.9. The van der Waals surface area contributed by atoms with Crippen molar-refractivity contribution in [2.24, 2.45) is 0 Å². The van der Waals surface area contributed by atoms with Gasteiger partial charge in [0.2, 0.25) is 0 Å². The van der Waals surface area contributed by atoms with Gasteiger partial charge < -0.3 is 6.16 Å². The molecule has 2 nitrogen and oxygen atoms in total. The first-order chi connectivity index (χ1) is 16.7. The monoisotopic (exact) mass is 614 g/mol. The second-order valence-corrected chi connectivity index (χ2v) is 7.38. The van der Waals surface area contributed by atoms with E-state index in [-0.39, 0.29) is 36.4 Å². The third-order valence-electron chi connectivity index (χ3n) is 4.92. The quantitative estimate of drug-likeness (QED) is 0.236. The number of carbonyl (C=O) groups is 1. The van der Waals surface area contributed by atoms with Gasteiger partial charge >= 0.3 is 83.3 Å². The first-order valence-corrected chi connectivity index (χ1v) is 9.15. The van der Waals surface area contributed by atoms with E-state index in [9.17, 15) is 79.4 Å². The SMILES string of the molecule is O=C(OC(F)(F)C(F)(F)C(F)(F)C(F)(F)C(F)(F)C(F)(F)C(F)(F)C(F)(F)F)c1cccc2ccccc12.[H-].[Na+]. The van der Waals surface area contributed by atoms with Gasteiger partial charge in [0, 0.05) is 0 Å². The van der Waals surface area contributed by atoms with Crippen LogP contribution in [0.5, 0.6) is 0 Å². The van der Waals surface area contributed by atoms with Crippen LogP contribution in [0.3, 0.4) is 0 Å². The maximum Gasteiger partial charge on any atom is 1.00 e. The zero-order valence-electron chi connectivity index (χ0n) is 19.3. The zero-order chi connectivity index (χ0) is 30.0. The van der Waals surface area contributed by atoms with Crippen molar-refractivity contribution in [2.45, 2.75) is 47.8 Å². The molecule has 0 bridgehead atoms. The Labute approximate surface area is 227 Å². The number of carbonyl (C=O) groups excluding carboxylic acids is 1. The van der Waals surface area contributed by atoms with Gasteiger partial charge in [0.25, 0.3) is 0 Å². The predicted molar refractivity (Wildman–Crippen MR) is 91.2 cm³/mol. The number of hydrogen-bond acceptors (Lipinski definition) is 2. The first-order valence-electron chi connectivity index (χ1n) is 9.15. The molecule has 0 heterocycles. The van der Waals surface area contributed by atoms with Crippen LogP contribution in [0.1, 0.15) is 11.8 Å². The number of alkyl halides is 17. The molecule has 0 fully saturated rings. The van der Waals surface area contributed by atoms with E-state index >= 15 is 0 Å². The average molecular weight is 614 g/mol. The van der Waals surface area contributed by atoms with Crippen molar-refractivity contribution in [2.75, 3.05) is 0 Å². The van der Waals surface area contributed by atoms with Gasteiger partial charge in [0.1, 0.15) is 0 Å². The van der Waals surface area contributed by atoms with E-state index in [2.05, 4.69) is 4.74 Å². The molecule has 0 unspecified atom stereocenters. The van der Waals surface area contributed by atoms with Crippen LogP contribution >= 0.6 is 0 Å². The third kappa shape index (κ3) is 5.02. The Balaban J connectivity index is 0.00000760. The summed E-state index contributed by atoms with van der Waals surface area (Å²) in [6, 6.07) is 7.19. The molecular weight excluding hydrogens is 606 g/mol. The second-order valence-electron chi connectivity index (χ2n) is 7.38. The van der Waals surface area contributed by atoms with Gasteiger partial charge in [0.15, 0.2) is 0 Å². The van der Waals surface area contributed by atoms with Gasteiger partial charge in [-0.1, -0.05) is 36.4 Å². The molecule has 2 aromatic rings. The minimum Gasteiger partial charge on any atom is -1.00 e. The van der Waals surface area contributed by atoms with Gasteiger partial charge in [-0.15, -0.1) is 0 Å². The molecule has 0 atom stereocenters. The van der Waals surface area contributed by atoms with E-state index in [0.717, 1.165) is 18.2 Å². The summed E-state index contributed by atoms with van der Waals surface area (Å²) in [5.41, 5.74) is -1.12. The number of hydrogen-bond donors (Lipinski definition) is 0. The summed E-state index contributed by atoms with van der Waals surface area (Å²) in [6.07, 6.45) is -15.1. The maximum absolute atomic E-state index is 13.9. The molecule has 39 heavy (non-hydrogen) atoms. The zero-order valence-corrected chi connectivity index (χ0v) is 20.3. The Kier molecular flexibility index (Phi) is 9.08. The molecule has 20 heteroatoms. The van der Waals surface area contributed by atoms with Crippen LogP contribution in [0.25, 0.3) is 10.8 Å². The summed E-state index contributed by atoms with van der Waals surface area (Å²) >= 11 is 0. The molecule has 2 rings (SSSR count). The van der Waals surface area contributed by atoms with Crippen LogP contribution in [-0.4, -0.2) is 53.8 Å². The number of halogens is 17. The number of fused-ring (bicyclic) bond motifs is 1. The van der Waals surface area contributed by atoms with Gasteiger partial charge in [-0.2, -0.15) is 74.6 Å². The summed E-state index contributed by atoms with van der Waals surface area (Å²) in [5.74, 6) is -53.7. The van der Waals surface area contributed by atoms with E-state index in [4.69, 9.17) is 0 Å². The minimum absolute atomic E-state index is 0. The van der Waals surface area contributed by atoms with Crippen LogP contribution in [0.15, 0.2) is 42.5 Å². The molecule has 0 aliphatic carbocycles. The van der Waals surface area contributed by atoms with Crippen LogP contribution in [0, 0.1) is 0 Å². The summed E-state index contributed by atoms with van der Waals surface area (Å²) in [7, 11) is 0. The second kappa shape index (κ2) is 10.1. The fraction of sp³-hybridized carbons (Fsp3) is 0.421. The van der Waals surface area contributed by atoms with E-state index in [1.165, 1.54) is 18.2 Å². The number of benzene rings is 2. The van der Waals surface area contributed by atoms with E-state index in [1.54, 1.807) is 0 Å². The molecule has 0 spiro atoms. The minimum atomic E-state index is -8.76. The van der Waals surface area contributed by atoms with Gasteiger partial charge in [-0.3, -0.25) is 0 Å².